The van der Waals surface area contributed by atoms with E-state index in [2.05, 4.69) is 10.5 Å². The number of aliphatic hydroxyl groups is 1. The van der Waals surface area contributed by atoms with E-state index in [-0.39, 0.29) is 0 Å². The highest BCUT2D eigenvalue weighted by Gasteiger charge is 2.16. The smallest absolute Gasteiger partial charge is 0.102 e. The summed E-state index contributed by atoms with van der Waals surface area (Å²) in [6.07, 6.45) is 0.0653. The second-order valence-electron chi connectivity index (χ2n) is 4.38. The SMILES string of the molecule is Cn1nc(C(O)Cc2ccsc2)c2ccccc21. The number of hydrogen-bond acceptors (Lipinski definition) is 3. The van der Waals surface area contributed by atoms with Crippen LogP contribution in [0.1, 0.15) is 17.4 Å². The summed E-state index contributed by atoms with van der Waals surface area (Å²) in [4.78, 5) is 0. The molecule has 1 N–H and O–H groups in total. The van der Waals surface area contributed by atoms with Gasteiger partial charge in [-0.05, 0) is 28.5 Å². The fourth-order valence-electron chi connectivity index (χ4n) is 2.22. The lowest BCUT2D eigenvalue weighted by molar-refractivity contribution is 0.174. The van der Waals surface area contributed by atoms with Crippen LogP contribution in [-0.2, 0) is 13.5 Å². The van der Waals surface area contributed by atoms with Gasteiger partial charge in [-0.25, -0.2) is 0 Å². The maximum atomic E-state index is 10.3. The maximum Gasteiger partial charge on any atom is 0.102 e. The van der Waals surface area contributed by atoms with Gasteiger partial charge in [0.25, 0.3) is 0 Å². The second-order valence-corrected chi connectivity index (χ2v) is 5.16. The van der Waals surface area contributed by atoms with Crippen molar-refractivity contribution in [1.82, 2.24) is 9.78 Å². The first kappa shape index (κ1) is 11.4. The highest BCUT2D eigenvalue weighted by Crippen LogP contribution is 2.26. The van der Waals surface area contributed by atoms with Crippen LogP contribution in [0.4, 0.5) is 0 Å². The average Bonchev–Trinajstić information content (AvgIpc) is 2.98. The zero-order chi connectivity index (χ0) is 12.5. The lowest BCUT2D eigenvalue weighted by Gasteiger charge is -2.06. The first-order chi connectivity index (χ1) is 8.75. The third kappa shape index (κ3) is 1.94. The molecule has 3 aromatic rings. The van der Waals surface area contributed by atoms with Crippen LogP contribution in [0, 0.1) is 0 Å². The minimum atomic E-state index is -0.550. The van der Waals surface area contributed by atoms with E-state index >= 15 is 0 Å². The van der Waals surface area contributed by atoms with Crippen molar-refractivity contribution in [3.05, 3.63) is 52.3 Å². The molecule has 1 unspecified atom stereocenters. The van der Waals surface area contributed by atoms with Crippen LogP contribution in [-0.4, -0.2) is 14.9 Å². The fourth-order valence-corrected chi connectivity index (χ4v) is 2.90. The second kappa shape index (κ2) is 4.55. The quantitative estimate of drug-likeness (QED) is 0.784. The Kier molecular flexibility index (Phi) is 2.89. The molecule has 0 aliphatic rings. The molecular formula is C14H14N2OS. The predicted octanol–water partition coefficient (Wildman–Crippen LogP) is 2.91. The predicted molar refractivity (Wildman–Crippen MR) is 73.7 cm³/mol. The molecule has 0 radical (unpaired) electrons. The molecule has 0 spiro atoms. The molecule has 18 heavy (non-hydrogen) atoms. The highest BCUT2D eigenvalue weighted by atomic mass is 32.1. The normalized spacial score (nSPS) is 13.0. The van der Waals surface area contributed by atoms with E-state index in [0.717, 1.165) is 22.2 Å². The van der Waals surface area contributed by atoms with Crippen molar-refractivity contribution in [2.75, 3.05) is 0 Å². The molecule has 2 aromatic heterocycles. The van der Waals surface area contributed by atoms with Gasteiger partial charge in [0.15, 0.2) is 0 Å². The van der Waals surface area contributed by atoms with Gasteiger partial charge in [-0.1, -0.05) is 18.2 Å². The molecule has 0 saturated carbocycles. The van der Waals surface area contributed by atoms with E-state index in [4.69, 9.17) is 0 Å². The number of rotatable bonds is 3. The van der Waals surface area contributed by atoms with Crippen LogP contribution in [0.25, 0.3) is 10.9 Å². The Morgan fingerprint density at radius 1 is 1.33 bits per heavy atom. The monoisotopic (exact) mass is 258 g/mol. The zero-order valence-electron chi connectivity index (χ0n) is 10.1. The van der Waals surface area contributed by atoms with Gasteiger partial charge in [0.05, 0.1) is 11.2 Å². The average molecular weight is 258 g/mol. The molecule has 0 aliphatic heterocycles. The molecule has 1 aromatic carbocycles. The van der Waals surface area contributed by atoms with Gasteiger partial charge in [-0.3, -0.25) is 4.68 Å². The summed E-state index contributed by atoms with van der Waals surface area (Å²) in [5, 5.41) is 19.9. The summed E-state index contributed by atoms with van der Waals surface area (Å²) in [7, 11) is 1.91. The number of para-hydroxylation sites is 1. The Morgan fingerprint density at radius 2 is 2.17 bits per heavy atom. The van der Waals surface area contributed by atoms with Crippen LogP contribution in [0.2, 0.25) is 0 Å². The van der Waals surface area contributed by atoms with Gasteiger partial charge in [-0.2, -0.15) is 16.4 Å². The van der Waals surface area contributed by atoms with Crippen LogP contribution in [0.5, 0.6) is 0 Å². The summed E-state index contributed by atoms with van der Waals surface area (Å²) in [5.41, 5.74) is 2.97. The Hall–Kier alpha value is -1.65. The van der Waals surface area contributed by atoms with Gasteiger partial charge < -0.3 is 5.11 Å². The third-order valence-corrected chi connectivity index (χ3v) is 3.84. The van der Waals surface area contributed by atoms with Gasteiger partial charge >= 0.3 is 0 Å². The number of aliphatic hydroxyl groups excluding tert-OH is 1. The number of hydrogen-bond donors (Lipinski definition) is 1. The summed E-state index contributed by atoms with van der Waals surface area (Å²) < 4.78 is 1.82. The van der Waals surface area contributed by atoms with Crippen LogP contribution >= 0.6 is 11.3 Å². The molecule has 0 fully saturated rings. The lowest BCUT2D eigenvalue weighted by atomic mass is 10.1. The van der Waals surface area contributed by atoms with Crippen molar-refractivity contribution < 1.29 is 5.11 Å². The van der Waals surface area contributed by atoms with E-state index in [9.17, 15) is 5.11 Å². The molecule has 0 aliphatic carbocycles. The Morgan fingerprint density at radius 3 is 2.94 bits per heavy atom. The van der Waals surface area contributed by atoms with Crippen molar-refractivity contribution in [1.29, 1.82) is 0 Å². The number of aromatic nitrogens is 2. The van der Waals surface area contributed by atoms with E-state index in [1.807, 2.05) is 47.4 Å². The largest absolute Gasteiger partial charge is 0.386 e. The molecular weight excluding hydrogens is 244 g/mol. The number of fused-ring (bicyclic) bond motifs is 1. The van der Waals surface area contributed by atoms with E-state index in [1.54, 1.807) is 11.3 Å². The first-order valence-electron chi connectivity index (χ1n) is 5.86. The number of aryl methyl sites for hydroxylation is 1. The molecule has 92 valence electrons. The summed E-state index contributed by atoms with van der Waals surface area (Å²) in [6.45, 7) is 0. The molecule has 0 amide bonds. The summed E-state index contributed by atoms with van der Waals surface area (Å²) in [5.74, 6) is 0. The minimum Gasteiger partial charge on any atom is -0.386 e. The lowest BCUT2D eigenvalue weighted by Crippen LogP contribution is -2.03. The van der Waals surface area contributed by atoms with Crippen molar-refractivity contribution in [2.45, 2.75) is 12.5 Å². The molecule has 2 heterocycles. The van der Waals surface area contributed by atoms with Crippen LogP contribution < -0.4 is 0 Å². The number of thiophene rings is 1. The Labute approximate surface area is 109 Å². The topological polar surface area (TPSA) is 38.0 Å². The summed E-state index contributed by atoms with van der Waals surface area (Å²) >= 11 is 1.65. The zero-order valence-corrected chi connectivity index (χ0v) is 10.9. The van der Waals surface area contributed by atoms with Crippen LogP contribution in [0.15, 0.2) is 41.1 Å². The molecule has 4 heteroatoms. The van der Waals surface area contributed by atoms with E-state index in [1.165, 1.54) is 0 Å². The molecule has 0 saturated heterocycles. The Balaban J connectivity index is 1.98. The highest BCUT2D eigenvalue weighted by molar-refractivity contribution is 7.07. The van der Waals surface area contributed by atoms with E-state index in [0.29, 0.717) is 6.42 Å². The molecule has 3 nitrogen and oxygen atoms in total. The van der Waals surface area contributed by atoms with Gasteiger partial charge in [-0.15, -0.1) is 0 Å². The molecule has 3 rings (SSSR count). The van der Waals surface area contributed by atoms with Crippen LogP contribution in [0.3, 0.4) is 0 Å². The summed E-state index contributed by atoms with van der Waals surface area (Å²) in [6, 6.07) is 10.0. The minimum absolute atomic E-state index is 0.550. The third-order valence-electron chi connectivity index (χ3n) is 3.11. The Bertz CT molecular complexity index is 658. The number of nitrogens with zero attached hydrogens (tertiary/aromatic N) is 2. The standard InChI is InChI=1S/C14H14N2OS/c1-16-12-5-3-2-4-11(12)14(15-16)13(17)8-10-6-7-18-9-10/h2-7,9,13,17H,8H2,1H3. The first-order valence-corrected chi connectivity index (χ1v) is 6.81. The number of benzene rings is 1. The van der Waals surface area contributed by atoms with Gasteiger partial charge in [0, 0.05) is 18.9 Å². The van der Waals surface area contributed by atoms with E-state index < -0.39 is 6.10 Å². The van der Waals surface area contributed by atoms with Crippen molar-refractivity contribution in [3.63, 3.8) is 0 Å². The van der Waals surface area contributed by atoms with Gasteiger partial charge in [0.2, 0.25) is 0 Å². The maximum absolute atomic E-state index is 10.3. The molecule has 1 atom stereocenters. The van der Waals surface area contributed by atoms with Crippen molar-refractivity contribution in [3.8, 4) is 0 Å². The van der Waals surface area contributed by atoms with Crippen molar-refractivity contribution >= 4 is 22.2 Å². The molecule has 0 bridgehead atoms. The fraction of sp³-hybridized carbons (Fsp3) is 0.214. The van der Waals surface area contributed by atoms with Crippen molar-refractivity contribution in [2.24, 2.45) is 7.05 Å². The van der Waals surface area contributed by atoms with Gasteiger partial charge in [0.1, 0.15) is 6.10 Å².